The zero-order valence-corrected chi connectivity index (χ0v) is 27.0. The van der Waals surface area contributed by atoms with Gasteiger partial charge >= 0.3 is 5.97 Å². The Kier molecular flexibility index (Phi) is 7.88. The van der Waals surface area contributed by atoms with Crippen LogP contribution < -0.4 is 0 Å². The van der Waals surface area contributed by atoms with Gasteiger partial charge in [0.2, 0.25) is 0 Å². The molecule has 4 aliphatic carbocycles. The zero-order valence-electron chi connectivity index (χ0n) is 27.0. The number of imide groups is 1. The number of hydrogen-bond acceptors (Lipinski definition) is 6. The average Bonchev–Trinajstić information content (AvgIpc) is 3.49. The van der Waals surface area contributed by atoms with E-state index in [1.807, 2.05) is 24.3 Å². The van der Waals surface area contributed by atoms with Gasteiger partial charge in [-0.25, -0.2) is 0 Å². The number of hydrogen-bond donors (Lipinski definition) is 2. The predicted molar refractivity (Wildman–Crippen MR) is 171 cm³/mol. The highest BCUT2D eigenvalue weighted by atomic mass is 16.5. The number of carbonyl (C=O) groups excluding carboxylic acids is 3. The Morgan fingerprint density at radius 3 is 2.27 bits per heavy atom. The molecule has 7 rings (SSSR count). The van der Waals surface area contributed by atoms with Gasteiger partial charge in [-0.1, -0.05) is 45.0 Å². The molecule has 0 bridgehead atoms. The summed E-state index contributed by atoms with van der Waals surface area (Å²) >= 11 is 0. The molecule has 0 radical (unpaired) electrons. The number of aliphatic hydroxyl groups is 2. The second kappa shape index (κ2) is 11.5. The third-order valence-corrected chi connectivity index (χ3v) is 13.6. The predicted octanol–water partition coefficient (Wildman–Crippen LogP) is 6.39. The third-order valence-electron chi connectivity index (χ3n) is 13.6. The van der Waals surface area contributed by atoms with Gasteiger partial charge in [0.15, 0.2) is 0 Å². The maximum atomic E-state index is 13.0. The molecule has 0 saturated heterocycles. The van der Waals surface area contributed by atoms with Crippen molar-refractivity contribution in [1.82, 2.24) is 4.90 Å². The topological polar surface area (TPSA) is 104 Å². The van der Waals surface area contributed by atoms with Gasteiger partial charge in [0.1, 0.15) is 6.61 Å². The van der Waals surface area contributed by atoms with E-state index in [9.17, 15) is 24.6 Å². The molecule has 2 amide bonds. The standard InChI is InChI=1S/C38H49NO6/c1-22(8-11-33(42)45-17-16-39-35(43)27-18-23-6-4-5-7-24(23)19-28(27)36(39)44)29-9-10-30-34-31(13-15-38(29,30)3)37(2)14-12-26(40)20-25(37)21-32(34)41/h4-7,18-19,22,25-26,29-32,34,40-41H,8-17,20-21H2,1-3H3/t22-,25+,26-,29-,30+,31+,32-,34+,37+,38-/m1/s1. The fourth-order valence-corrected chi connectivity index (χ4v) is 11.2. The molecule has 0 spiro atoms. The Balaban J connectivity index is 0.923. The van der Waals surface area contributed by atoms with E-state index in [4.69, 9.17) is 4.74 Å². The van der Waals surface area contributed by atoms with Gasteiger partial charge in [0, 0.05) is 6.42 Å². The normalized spacial score (nSPS) is 38.0. The number of carbonyl (C=O) groups is 3. The zero-order chi connectivity index (χ0) is 31.7. The lowest BCUT2D eigenvalue weighted by Crippen LogP contribution is -2.58. The molecule has 242 valence electrons. The molecule has 4 saturated carbocycles. The minimum atomic E-state index is -0.335. The molecular weight excluding hydrogens is 566 g/mol. The van der Waals surface area contributed by atoms with Gasteiger partial charge in [-0.15, -0.1) is 0 Å². The number of fused-ring (bicyclic) bond motifs is 7. The fraction of sp³-hybridized carbons (Fsp3) is 0.658. The van der Waals surface area contributed by atoms with E-state index < -0.39 is 0 Å². The smallest absolute Gasteiger partial charge is 0.305 e. The van der Waals surface area contributed by atoms with E-state index in [1.54, 1.807) is 12.1 Å². The molecular formula is C38H49NO6. The van der Waals surface area contributed by atoms with Crippen LogP contribution in [0.2, 0.25) is 0 Å². The van der Waals surface area contributed by atoms with Crippen molar-refractivity contribution in [2.45, 2.75) is 97.2 Å². The number of amides is 2. The van der Waals surface area contributed by atoms with Crippen molar-refractivity contribution in [3.63, 3.8) is 0 Å². The highest BCUT2D eigenvalue weighted by Gasteiger charge is 2.62. The number of nitrogens with zero attached hydrogens (tertiary/aromatic N) is 1. The highest BCUT2D eigenvalue weighted by molar-refractivity contribution is 6.23. The number of aliphatic hydroxyl groups excluding tert-OH is 2. The molecule has 7 nitrogen and oxygen atoms in total. The minimum Gasteiger partial charge on any atom is -0.464 e. The van der Waals surface area contributed by atoms with Crippen LogP contribution in [0.25, 0.3) is 10.8 Å². The van der Waals surface area contributed by atoms with Crippen molar-refractivity contribution >= 4 is 28.6 Å². The van der Waals surface area contributed by atoms with Gasteiger partial charge in [-0.05, 0) is 127 Å². The molecule has 2 aromatic rings. The molecule has 2 N–H and O–H groups in total. The second-order valence-corrected chi connectivity index (χ2v) is 15.7. The number of benzene rings is 2. The molecule has 0 aromatic heterocycles. The number of esters is 1. The van der Waals surface area contributed by atoms with E-state index in [-0.39, 0.29) is 54.0 Å². The van der Waals surface area contributed by atoms with Crippen LogP contribution in [-0.2, 0) is 9.53 Å². The molecule has 45 heavy (non-hydrogen) atoms. The lowest BCUT2D eigenvalue weighted by Gasteiger charge is -2.62. The molecule has 1 aliphatic heterocycles. The Bertz CT molecular complexity index is 1450. The lowest BCUT2D eigenvalue weighted by molar-refractivity contribution is -0.174. The summed E-state index contributed by atoms with van der Waals surface area (Å²) < 4.78 is 5.54. The van der Waals surface area contributed by atoms with Gasteiger partial charge in [0.25, 0.3) is 11.8 Å². The maximum Gasteiger partial charge on any atom is 0.305 e. The van der Waals surface area contributed by atoms with Crippen LogP contribution in [0.1, 0.15) is 106 Å². The summed E-state index contributed by atoms with van der Waals surface area (Å²) in [6.45, 7) is 7.23. The minimum absolute atomic E-state index is 0.000826. The molecule has 4 fully saturated rings. The third kappa shape index (κ3) is 5.04. The van der Waals surface area contributed by atoms with Crippen molar-refractivity contribution in [3.8, 4) is 0 Å². The lowest BCUT2D eigenvalue weighted by atomic mass is 9.43. The van der Waals surface area contributed by atoms with Crippen molar-refractivity contribution in [2.75, 3.05) is 13.2 Å². The van der Waals surface area contributed by atoms with E-state index in [1.165, 1.54) is 11.3 Å². The van der Waals surface area contributed by atoms with Crippen molar-refractivity contribution in [3.05, 3.63) is 47.5 Å². The summed E-state index contributed by atoms with van der Waals surface area (Å²) in [7, 11) is 0. The van der Waals surface area contributed by atoms with Crippen LogP contribution in [0.15, 0.2) is 36.4 Å². The van der Waals surface area contributed by atoms with Gasteiger partial charge in [-0.3, -0.25) is 19.3 Å². The largest absolute Gasteiger partial charge is 0.464 e. The number of ether oxygens (including phenoxy) is 1. The Hall–Kier alpha value is -2.77. The Morgan fingerprint density at radius 2 is 1.58 bits per heavy atom. The van der Waals surface area contributed by atoms with Crippen LogP contribution in [0.4, 0.5) is 0 Å². The highest BCUT2D eigenvalue weighted by Crippen LogP contribution is 2.68. The molecule has 5 aliphatic rings. The summed E-state index contributed by atoms with van der Waals surface area (Å²) in [6.07, 6.45) is 8.80. The number of rotatable bonds is 7. The van der Waals surface area contributed by atoms with Crippen molar-refractivity contribution in [1.29, 1.82) is 0 Å². The second-order valence-electron chi connectivity index (χ2n) is 15.7. The summed E-state index contributed by atoms with van der Waals surface area (Å²) in [4.78, 5) is 40.0. The molecule has 10 atom stereocenters. The summed E-state index contributed by atoms with van der Waals surface area (Å²) in [5.41, 5.74) is 1.20. The molecule has 1 heterocycles. The van der Waals surface area contributed by atoms with Crippen LogP contribution in [0.3, 0.4) is 0 Å². The Morgan fingerprint density at radius 1 is 0.933 bits per heavy atom. The first kappa shape index (κ1) is 30.9. The molecule has 0 unspecified atom stereocenters. The first-order valence-corrected chi connectivity index (χ1v) is 17.4. The maximum absolute atomic E-state index is 13.0. The molecule has 7 heteroatoms. The molecule has 2 aromatic carbocycles. The monoisotopic (exact) mass is 615 g/mol. The van der Waals surface area contributed by atoms with Crippen molar-refractivity contribution in [2.24, 2.45) is 46.3 Å². The summed E-state index contributed by atoms with van der Waals surface area (Å²) in [6, 6.07) is 11.2. The van der Waals surface area contributed by atoms with Gasteiger partial charge in [-0.2, -0.15) is 0 Å². The van der Waals surface area contributed by atoms with E-state index in [0.717, 1.165) is 62.1 Å². The van der Waals surface area contributed by atoms with Crippen LogP contribution in [0, 0.1) is 46.3 Å². The van der Waals surface area contributed by atoms with Crippen molar-refractivity contribution < 1.29 is 29.3 Å². The fourth-order valence-electron chi connectivity index (χ4n) is 11.2. The SMILES string of the molecule is C[C@H](CCC(=O)OCCN1C(=O)c2cc3ccccc3cc2C1=O)[C@H]1CC[C@H]2[C@@H]3[C@H](O)C[C@@H]4C[C@H](O)CC[C@]4(C)[C@H]3CC[C@]12C. The first-order valence-electron chi connectivity index (χ1n) is 17.4. The first-order chi connectivity index (χ1) is 21.5. The van der Waals surface area contributed by atoms with Crippen LogP contribution in [-0.4, -0.2) is 58.3 Å². The summed E-state index contributed by atoms with van der Waals surface area (Å²) in [5, 5.41) is 23.7. The van der Waals surface area contributed by atoms with Crippen LogP contribution >= 0.6 is 0 Å². The Labute approximate surface area is 266 Å². The quantitative estimate of drug-likeness (QED) is 0.277. The van der Waals surface area contributed by atoms with E-state index in [0.29, 0.717) is 53.1 Å². The van der Waals surface area contributed by atoms with E-state index in [2.05, 4.69) is 20.8 Å². The summed E-state index contributed by atoms with van der Waals surface area (Å²) in [5.74, 6) is 1.71. The average molecular weight is 616 g/mol. The van der Waals surface area contributed by atoms with Gasteiger partial charge in [0.05, 0.1) is 29.9 Å². The van der Waals surface area contributed by atoms with Crippen LogP contribution in [0.5, 0.6) is 0 Å². The van der Waals surface area contributed by atoms with Gasteiger partial charge < -0.3 is 14.9 Å². The van der Waals surface area contributed by atoms with E-state index >= 15 is 0 Å².